The topological polar surface area (TPSA) is 119 Å². The first-order chi connectivity index (χ1) is 19.2. The zero-order valence-corrected chi connectivity index (χ0v) is 25.9. The first-order valence-corrected chi connectivity index (χ1v) is 13.0. The first-order valence-electron chi connectivity index (χ1n) is 13.0. The van der Waals surface area contributed by atoms with Crippen LogP contribution in [0.5, 0.6) is 0 Å². The Labute approximate surface area is 263 Å². The molecule has 0 fully saturated rings. The summed E-state index contributed by atoms with van der Waals surface area (Å²) in [4.78, 5) is 25.6. The fraction of sp³-hybridized carbons (Fsp3) is 0.414. The van der Waals surface area contributed by atoms with E-state index in [-0.39, 0.29) is 72.5 Å². The molecule has 0 spiro atoms. The molecule has 1 amide bonds. The number of nitrogens with zero attached hydrogens (tertiary/aromatic N) is 3. The third kappa shape index (κ3) is 9.37. The number of benzene rings is 2. The quantitative estimate of drug-likeness (QED) is 0.232. The molecule has 2 atom stereocenters. The van der Waals surface area contributed by atoms with Crippen LogP contribution in [0.2, 0.25) is 0 Å². The van der Waals surface area contributed by atoms with Crippen LogP contribution in [0, 0.1) is 5.82 Å². The van der Waals surface area contributed by atoms with Gasteiger partial charge in [0.25, 0.3) is 5.91 Å². The molecule has 0 aliphatic carbocycles. The number of halogens is 4. The predicted molar refractivity (Wildman–Crippen MR) is 139 cm³/mol. The second-order valence-corrected chi connectivity index (χ2v) is 10.3. The fourth-order valence-corrected chi connectivity index (χ4v) is 4.65. The minimum Gasteiger partial charge on any atom is -0.550 e. The van der Waals surface area contributed by atoms with Gasteiger partial charge in [0.1, 0.15) is 5.82 Å². The van der Waals surface area contributed by atoms with E-state index in [2.05, 4.69) is 5.10 Å². The molecular weight excluding hydrogens is 569 g/mol. The number of hydrogen-bond donors (Lipinski definition) is 2. The molecule has 2 N–H and O–H groups in total. The Bertz CT molecular complexity index is 1360. The van der Waals surface area contributed by atoms with Gasteiger partial charge in [-0.3, -0.25) is 4.79 Å². The summed E-state index contributed by atoms with van der Waals surface area (Å²) >= 11 is 0. The fourth-order valence-electron chi connectivity index (χ4n) is 4.65. The van der Waals surface area contributed by atoms with Crippen molar-refractivity contribution in [3.63, 3.8) is 0 Å². The predicted octanol–water partition coefficient (Wildman–Crippen LogP) is 0.614. The summed E-state index contributed by atoms with van der Waals surface area (Å²) in [5, 5.41) is 35.6. The van der Waals surface area contributed by atoms with Gasteiger partial charge < -0.3 is 25.0 Å². The van der Waals surface area contributed by atoms with Crippen molar-refractivity contribution in [2.45, 2.75) is 70.4 Å². The zero-order chi connectivity index (χ0) is 30.5. The van der Waals surface area contributed by atoms with Crippen LogP contribution in [0.1, 0.15) is 71.9 Å². The Morgan fingerprint density at radius 1 is 1.07 bits per heavy atom. The molecule has 0 unspecified atom stereocenters. The van der Waals surface area contributed by atoms with E-state index in [4.69, 9.17) is 0 Å². The van der Waals surface area contributed by atoms with Crippen LogP contribution in [0.3, 0.4) is 0 Å². The van der Waals surface area contributed by atoms with Gasteiger partial charge in [-0.2, -0.15) is 18.3 Å². The number of hydrogen-bond acceptors (Lipinski definition) is 6. The standard InChI is InChI=1S/C29H33F4N3O5.Na/c1-17(2)26-24(12-11-22(37)14-23(38)15-25(39)40)36(21-9-7-20(30)8-10-21)34-27(26)28(41)35(3)16-18-5-4-6-19(13-18)29(31,32)33;/h4-10,13,17,22-23,37-38H,11-12,14-16H2,1-3H3,(H,39,40);/q;+1/p-1/t22-,23-;/m1./s1. The second kappa shape index (κ2) is 15.1. The molecule has 0 aliphatic rings. The molecule has 1 heterocycles. The largest absolute Gasteiger partial charge is 1.00 e. The van der Waals surface area contributed by atoms with Crippen molar-refractivity contribution in [1.29, 1.82) is 0 Å². The van der Waals surface area contributed by atoms with Crippen molar-refractivity contribution in [2.75, 3.05) is 7.05 Å². The number of carbonyl (C=O) groups is 2. The molecule has 3 aromatic rings. The number of carboxylic acids is 1. The molecule has 2 aromatic carbocycles. The summed E-state index contributed by atoms with van der Waals surface area (Å²) in [6, 6.07) is 10.1. The van der Waals surface area contributed by atoms with Gasteiger partial charge in [-0.15, -0.1) is 0 Å². The molecule has 13 heteroatoms. The van der Waals surface area contributed by atoms with Crippen LogP contribution in [-0.2, 0) is 23.9 Å². The molecule has 0 bridgehead atoms. The summed E-state index contributed by atoms with van der Waals surface area (Å²) in [7, 11) is 1.45. The monoisotopic (exact) mass is 601 g/mol. The number of carboxylic acid groups (broad SMARTS) is 1. The minimum absolute atomic E-state index is 0. The van der Waals surface area contributed by atoms with Gasteiger partial charge >= 0.3 is 35.7 Å². The van der Waals surface area contributed by atoms with Crippen molar-refractivity contribution < 1.29 is 72.0 Å². The summed E-state index contributed by atoms with van der Waals surface area (Å²) in [5.74, 6) is -2.72. The second-order valence-electron chi connectivity index (χ2n) is 10.3. The maximum atomic E-state index is 13.7. The Kier molecular flexibility index (Phi) is 12.7. The smallest absolute Gasteiger partial charge is 0.550 e. The van der Waals surface area contributed by atoms with E-state index < -0.39 is 48.1 Å². The molecule has 0 saturated carbocycles. The van der Waals surface area contributed by atoms with Crippen molar-refractivity contribution in [2.24, 2.45) is 0 Å². The van der Waals surface area contributed by atoms with Crippen LogP contribution < -0.4 is 34.7 Å². The number of carbonyl (C=O) groups excluding carboxylic acids is 2. The summed E-state index contributed by atoms with van der Waals surface area (Å²) < 4.78 is 54.7. The van der Waals surface area contributed by atoms with E-state index in [1.807, 2.05) is 13.8 Å². The van der Waals surface area contributed by atoms with Gasteiger partial charge in [-0.05, 0) is 67.1 Å². The summed E-state index contributed by atoms with van der Waals surface area (Å²) in [6.07, 6.45) is -7.49. The number of rotatable bonds is 12. The van der Waals surface area contributed by atoms with E-state index in [1.54, 1.807) is 0 Å². The van der Waals surface area contributed by atoms with Gasteiger partial charge in [0.2, 0.25) is 0 Å². The van der Waals surface area contributed by atoms with Gasteiger partial charge in [0.05, 0.1) is 23.5 Å². The zero-order valence-electron chi connectivity index (χ0n) is 23.9. The average molecular weight is 602 g/mol. The van der Waals surface area contributed by atoms with Gasteiger partial charge in [-0.1, -0.05) is 26.0 Å². The molecular formula is C29H32F4N3NaO5. The van der Waals surface area contributed by atoms with Crippen molar-refractivity contribution in [3.8, 4) is 5.69 Å². The Morgan fingerprint density at radius 3 is 2.29 bits per heavy atom. The number of aliphatic carboxylic acids is 1. The normalized spacial score (nSPS) is 13.0. The van der Waals surface area contributed by atoms with Crippen LogP contribution in [0.4, 0.5) is 17.6 Å². The van der Waals surface area contributed by atoms with Crippen LogP contribution in [-0.4, -0.2) is 56.0 Å². The SMILES string of the molecule is CC(C)c1c(C(=O)N(C)Cc2cccc(C(F)(F)F)c2)nn(-c2ccc(F)cc2)c1CC[C@@H](O)C[C@@H](O)CC(=O)[O-].[Na+]. The molecule has 0 aliphatic heterocycles. The first kappa shape index (κ1) is 35.4. The average Bonchev–Trinajstić information content (AvgIpc) is 3.26. The minimum atomic E-state index is -4.53. The Balaban J connectivity index is 0.00000616. The third-order valence-electron chi connectivity index (χ3n) is 6.55. The number of aliphatic hydroxyl groups is 2. The number of amides is 1. The van der Waals surface area contributed by atoms with Crippen molar-refractivity contribution in [1.82, 2.24) is 14.7 Å². The molecule has 1 aromatic heterocycles. The van der Waals surface area contributed by atoms with E-state index in [0.29, 0.717) is 16.9 Å². The molecule has 8 nitrogen and oxygen atoms in total. The number of aromatic nitrogens is 2. The van der Waals surface area contributed by atoms with Crippen molar-refractivity contribution >= 4 is 11.9 Å². The van der Waals surface area contributed by atoms with E-state index in [1.165, 1.54) is 53.0 Å². The van der Waals surface area contributed by atoms with Gasteiger partial charge in [0.15, 0.2) is 5.69 Å². The van der Waals surface area contributed by atoms with Gasteiger partial charge in [-0.25, -0.2) is 9.07 Å². The van der Waals surface area contributed by atoms with Crippen molar-refractivity contribution in [3.05, 3.63) is 82.4 Å². The maximum absolute atomic E-state index is 13.7. The number of aliphatic hydroxyl groups excluding tert-OH is 2. The third-order valence-corrected chi connectivity index (χ3v) is 6.55. The Morgan fingerprint density at radius 2 is 1.71 bits per heavy atom. The molecule has 3 rings (SSSR count). The summed E-state index contributed by atoms with van der Waals surface area (Å²) in [6.45, 7) is 3.55. The van der Waals surface area contributed by atoms with E-state index in [0.717, 1.165) is 12.1 Å². The summed E-state index contributed by atoms with van der Waals surface area (Å²) in [5.41, 5.74) is 1.02. The van der Waals surface area contributed by atoms with E-state index >= 15 is 0 Å². The van der Waals surface area contributed by atoms with Crippen LogP contribution >= 0.6 is 0 Å². The van der Waals surface area contributed by atoms with Crippen LogP contribution in [0.25, 0.3) is 5.69 Å². The molecule has 42 heavy (non-hydrogen) atoms. The maximum Gasteiger partial charge on any atom is 1.00 e. The number of alkyl halides is 3. The molecule has 0 saturated heterocycles. The van der Waals surface area contributed by atoms with E-state index in [9.17, 15) is 42.5 Å². The van der Waals surface area contributed by atoms with Crippen LogP contribution in [0.15, 0.2) is 48.5 Å². The molecule has 222 valence electrons. The molecule has 0 radical (unpaired) electrons. The van der Waals surface area contributed by atoms with Gasteiger partial charge in [0, 0.05) is 37.2 Å². The Hall–Kier alpha value is -2.77.